The van der Waals surface area contributed by atoms with E-state index < -0.39 is 5.97 Å². The van der Waals surface area contributed by atoms with Crippen molar-refractivity contribution in [3.05, 3.63) is 70.8 Å². The average Bonchev–Trinajstić information content (AvgIpc) is 3.02. The summed E-state index contributed by atoms with van der Waals surface area (Å²) in [5, 5.41) is 0. The van der Waals surface area contributed by atoms with Gasteiger partial charge in [0, 0.05) is 13.1 Å². The fourth-order valence-electron chi connectivity index (χ4n) is 4.05. The van der Waals surface area contributed by atoms with Crippen molar-refractivity contribution in [2.24, 2.45) is 0 Å². The normalized spacial score (nSPS) is 20.3. The van der Waals surface area contributed by atoms with Gasteiger partial charge in [-0.3, -0.25) is 19.3 Å². The lowest BCUT2D eigenvalue weighted by molar-refractivity contribution is -0.146. The van der Waals surface area contributed by atoms with Gasteiger partial charge in [0.25, 0.3) is 17.7 Å². The number of ether oxygens (including phenoxy) is 2. The first-order chi connectivity index (χ1) is 15.3. The molecule has 2 aliphatic rings. The second-order valence-corrected chi connectivity index (χ2v) is 8.07. The molecule has 1 saturated heterocycles. The standard InChI is InChI=1S/C24H24N2O6/c1-15-11-25(12-16(2)32-15)21(27)14-31-24(30)18-7-5-6-17(10-18)13-26-22(28)19-8-3-4-9-20(19)23(26)29/h3-10,15-16H,11-14H2,1-2H3/t15-,16-/m1/s1. The number of hydrogen-bond acceptors (Lipinski definition) is 6. The molecule has 8 heteroatoms. The van der Waals surface area contributed by atoms with E-state index >= 15 is 0 Å². The lowest BCUT2D eigenvalue weighted by Crippen LogP contribution is -2.49. The van der Waals surface area contributed by atoms with Crippen LogP contribution in [0.4, 0.5) is 0 Å². The molecule has 0 N–H and O–H groups in total. The first-order valence-corrected chi connectivity index (χ1v) is 10.5. The van der Waals surface area contributed by atoms with Crippen molar-refractivity contribution in [3.8, 4) is 0 Å². The predicted octanol–water partition coefficient (Wildman–Crippen LogP) is 2.28. The summed E-state index contributed by atoms with van der Waals surface area (Å²) in [6, 6.07) is 13.2. The summed E-state index contributed by atoms with van der Waals surface area (Å²) in [6.07, 6.45) is -0.144. The third kappa shape index (κ3) is 4.40. The number of carbonyl (C=O) groups excluding carboxylic acids is 4. The number of amides is 3. The van der Waals surface area contributed by atoms with E-state index in [2.05, 4.69) is 0 Å². The van der Waals surface area contributed by atoms with E-state index in [1.165, 1.54) is 0 Å². The van der Waals surface area contributed by atoms with Crippen molar-refractivity contribution in [2.45, 2.75) is 32.6 Å². The Morgan fingerprint density at radius 3 is 2.22 bits per heavy atom. The number of esters is 1. The van der Waals surface area contributed by atoms with Crippen molar-refractivity contribution in [3.63, 3.8) is 0 Å². The first kappa shape index (κ1) is 21.7. The number of fused-ring (bicyclic) bond motifs is 1. The molecule has 0 radical (unpaired) electrons. The summed E-state index contributed by atoms with van der Waals surface area (Å²) >= 11 is 0. The highest BCUT2D eigenvalue weighted by atomic mass is 16.5. The van der Waals surface area contributed by atoms with Gasteiger partial charge in [-0.1, -0.05) is 24.3 Å². The van der Waals surface area contributed by atoms with Gasteiger partial charge in [0.2, 0.25) is 0 Å². The largest absolute Gasteiger partial charge is 0.452 e. The molecule has 3 amide bonds. The van der Waals surface area contributed by atoms with E-state index in [1.54, 1.807) is 53.4 Å². The van der Waals surface area contributed by atoms with Crippen LogP contribution in [-0.2, 0) is 20.8 Å². The molecular weight excluding hydrogens is 412 g/mol. The average molecular weight is 436 g/mol. The molecule has 0 saturated carbocycles. The monoisotopic (exact) mass is 436 g/mol. The topological polar surface area (TPSA) is 93.2 Å². The lowest BCUT2D eigenvalue weighted by atomic mass is 10.1. The van der Waals surface area contributed by atoms with Gasteiger partial charge in [0.1, 0.15) is 0 Å². The minimum atomic E-state index is -0.642. The van der Waals surface area contributed by atoms with Gasteiger partial charge < -0.3 is 14.4 Å². The molecule has 2 aromatic rings. The van der Waals surface area contributed by atoms with Crippen molar-refractivity contribution in [2.75, 3.05) is 19.7 Å². The van der Waals surface area contributed by atoms with Crippen LogP contribution in [0.25, 0.3) is 0 Å². The zero-order valence-electron chi connectivity index (χ0n) is 17.9. The molecule has 0 spiro atoms. The van der Waals surface area contributed by atoms with E-state index in [0.717, 1.165) is 4.90 Å². The van der Waals surface area contributed by atoms with E-state index in [9.17, 15) is 19.2 Å². The number of imide groups is 1. The Labute approximate surface area is 185 Å². The Balaban J connectivity index is 1.38. The van der Waals surface area contributed by atoms with Gasteiger partial charge in [-0.05, 0) is 43.7 Å². The Kier molecular flexibility index (Phi) is 6.05. The summed E-state index contributed by atoms with van der Waals surface area (Å²) in [6.45, 7) is 4.37. The Morgan fingerprint density at radius 1 is 0.969 bits per heavy atom. The van der Waals surface area contributed by atoms with Crippen LogP contribution in [0.2, 0.25) is 0 Å². The third-order valence-electron chi connectivity index (χ3n) is 5.48. The highest BCUT2D eigenvalue weighted by Crippen LogP contribution is 2.24. The SMILES string of the molecule is C[C@@H]1CN(C(=O)COC(=O)c2cccc(CN3C(=O)c4ccccc4C3=O)c2)C[C@@H](C)O1. The van der Waals surface area contributed by atoms with Crippen LogP contribution in [-0.4, -0.2) is 65.4 Å². The summed E-state index contributed by atoms with van der Waals surface area (Å²) < 4.78 is 10.8. The van der Waals surface area contributed by atoms with E-state index in [4.69, 9.17) is 9.47 Å². The fraction of sp³-hybridized carbons (Fsp3) is 0.333. The Bertz CT molecular complexity index is 1040. The molecule has 2 aliphatic heterocycles. The summed E-state index contributed by atoms with van der Waals surface area (Å²) in [4.78, 5) is 52.8. The molecular formula is C24H24N2O6. The first-order valence-electron chi connectivity index (χ1n) is 10.5. The molecule has 4 rings (SSSR count). The van der Waals surface area contributed by atoms with E-state index in [-0.39, 0.29) is 48.6 Å². The second kappa shape index (κ2) is 8.92. The fourth-order valence-corrected chi connectivity index (χ4v) is 4.05. The maximum atomic E-state index is 12.6. The molecule has 0 unspecified atom stereocenters. The molecule has 32 heavy (non-hydrogen) atoms. The van der Waals surface area contributed by atoms with Crippen LogP contribution in [0.1, 0.15) is 50.5 Å². The van der Waals surface area contributed by atoms with Crippen LogP contribution in [0.3, 0.4) is 0 Å². The molecule has 2 aromatic carbocycles. The van der Waals surface area contributed by atoms with Crippen molar-refractivity contribution >= 4 is 23.7 Å². The van der Waals surface area contributed by atoms with Crippen LogP contribution in [0.5, 0.6) is 0 Å². The van der Waals surface area contributed by atoms with Crippen molar-refractivity contribution < 1.29 is 28.7 Å². The van der Waals surface area contributed by atoms with Gasteiger partial charge in [-0.2, -0.15) is 0 Å². The number of rotatable bonds is 5. The Morgan fingerprint density at radius 2 is 1.59 bits per heavy atom. The van der Waals surface area contributed by atoms with Gasteiger partial charge in [0.15, 0.2) is 6.61 Å². The molecule has 0 aliphatic carbocycles. The van der Waals surface area contributed by atoms with E-state index in [0.29, 0.717) is 29.8 Å². The minimum Gasteiger partial charge on any atom is -0.452 e. The summed E-state index contributed by atoms with van der Waals surface area (Å²) in [5.74, 6) is -1.64. The second-order valence-electron chi connectivity index (χ2n) is 8.07. The predicted molar refractivity (Wildman–Crippen MR) is 114 cm³/mol. The molecule has 8 nitrogen and oxygen atoms in total. The zero-order valence-corrected chi connectivity index (χ0v) is 17.9. The zero-order chi connectivity index (χ0) is 22.8. The van der Waals surface area contributed by atoms with Crippen LogP contribution < -0.4 is 0 Å². The minimum absolute atomic E-state index is 0.0377. The van der Waals surface area contributed by atoms with Gasteiger partial charge in [0.05, 0.1) is 35.4 Å². The van der Waals surface area contributed by atoms with Crippen molar-refractivity contribution in [1.82, 2.24) is 9.80 Å². The maximum absolute atomic E-state index is 12.6. The van der Waals surface area contributed by atoms with Crippen LogP contribution in [0.15, 0.2) is 48.5 Å². The summed E-state index contributed by atoms with van der Waals surface area (Å²) in [7, 11) is 0. The van der Waals surface area contributed by atoms with Crippen LogP contribution >= 0.6 is 0 Å². The van der Waals surface area contributed by atoms with Crippen molar-refractivity contribution in [1.29, 1.82) is 0 Å². The molecule has 0 bridgehead atoms. The molecule has 2 atom stereocenters. The summed E-state index contributed by atoms with van der Waals surface area (Å²) in [5.41, 5.74) is 1.60. The highest BCUT2D eigenvalue weighted by molar-refractivity contribution is 6.21. The lowest BCUT2D eigenvalue weighted by Gasteiger charge is -2.35. The molecule has 1 fully saturated rings. The number of hydrogen-bond donors (Lipinski definition) is 0. The van der Waals surface area contributed by atoms with Gasteiger partial charge >= 0.3 is 5.97 Å². The highest BCUT2D eigenvalue weighted by Gasteiger charge is 2.35. The number of carbonyl (C=O) groups is 4. The smallest absolute Gasteiger partial charge is 0.338 e. The molecule has 2 heterocycles. The number of nitrogens with zero attached hydrogens (tertiary/aromatic N) is 2. The number of benzene rings is 2. The van der Waals surface area contributed by atoms with Gasteiger partial charge in [-0.25, -0.2) is 4.79 Å². The van der Waals surface area contributed by atoms with Gasteiger partial charge in [-0.15, -0.1) is 0 Å². The quantitative estimate of drug-likeness (QED) is 0.527. The third-order valence-corrected chi connectivity index (χ3v) is 5.48. The Hall–Kier alpha value is -3.52. The number of morpholine rings is 1. The van der Waals surface area contributed by atoms with Crippen LogP contribution in [0, 0.1) is 0 Å². The maximum Gasteiger partial charge on any atom is 0.338 e. The molecule has 166 valence electrons. The molecule has 0 aromatic heterocycles. The van der Waals surface area contributed by atoms with E-state index in [1.807, 2.05) is 13.8 Å².